The van der Waals surface area contributed by atoms with E-state index in [4.69, 9.17) is 5.73 Å². The second-order valence-electron chi connectivity index (χ2n) is 6.42. The molecule has 3 N–H and O–H groups in total. The highest BCUT2D eigenvalue weighted by molar-refractivity contribution is 5.79. The average Bonchev–Trinajstić information content (AvgIpc) is 2.11. The van der Waals surface area contributed by atoms with Crippen LogP contribution in [0, 0.1) is 23.2 Å². The maximum absolute atomic E-state index is 12.0. The third kappa shape index (κ3) is 3.70. The van der Waals surface area contributed by atoms with Crippen molar-refractivity contribution < 1.29 is 4.79 Å². The van der Waals surface area contributed by atoms with Crippen molar-refractivity contribution in [1.82, 2.24) is 5.32 Å². The van der Waals surface area contributed by atoms with E-state index in [9.17, 15) is 4.79 Å². The van der Waals surface area contributed by atoms with Crippen LogP contribution in [-0.4, -0.2) is 19.0 Å². The summed E-state index contributed by atoms with van der Waals surface area (Å²) in [4.78, 5) is 12.0. The van der Waals surface area contributed by atoms with Gasteiger partial charge in [0.15, 0.2) is 0 Å². The molecule has 0 aromatic rings. The summed E-state index contributed by atoms with van der Waals surface area (Å²) >= 11 is 0. The third-order valence-corrected chi connectivity index (χ3v) is 4.32. The van der Waals surface area contributed by atoms with Crippen molar-refractivity contribution in [2.45, 2.75) is 47.0 Å². The van der Waals surface area contributed by atoms with E-state index >= 15 is 0 Å². The zero-order valence-electron chi connectivity index (χ0n) is 11.8. The molecule has 0 aromatic carbocycles. The highest BCUT2D eigenvalue weighted by Gasteiger charge is 2.34. The first-order chi connectivity index (χ1) is 7.88. The molecule has 0 radical (unpaired) electrons. The van der Waals surface area contributed by atoms with E-state index in [1.54, 1.807) is 0 Å². The standard InChI is InChI=1S/C14H28N2O/c1-10(2)12(8-15)13(17)16-9-14(3,4)11-6-5-7-11/h10-12H,5-9,15H2,1-4H3,(H,16,17). The Labute approximate surface area is 106 Å². The predicted molar refractivity (Wildman–Crippen MR) is 71.5 cm³/mol. The Morgan fingerprint density at radius 1 is 1.41 bits per heavy atom. The van der Waals surface area contributed by atoms with E-state index in [1.165, 1.54) is 19.3 Å². The Balaban J connectivity index is 2.41. The van der Waals surface area contributed by atoms with E-state index in [0.717, 1.165) is 12.5 Å². The van der Waals surface area contributed by atoms with Gasteiger partial charge in [0, 0.05) is 13.1 Å². The van der Waals surface area contributed by atoms with Crippen LogP contribution in [-0.2, 0) is 4.79 Å². The SMILES string of the molecule is CC(C)C(CN)C(=O)NCC(C)(C)C1CCC1. The quantitative estimate of drug-likeness (QED) is 0.747. The maximum atomic E-state index is 12.0. The Hall–Kier alpha value is -0.570. The van der Waals surface area contributed by atoms with Gasteiger partial charge in [-0.05, 0) is 30.1 Å². The van der Waals surface area contributed by atoms with Gasteiger partial charge in [-0.25, -0.2) is 0 Å². The lowest BCUT2D eigenvalue weighted by atomic mass is 9.67. The molecule has 0 aromatic heterocycles. The van der Waals surface area contributed by atoms with E-state index in [-0.39, 0.29) is 17.2 Å². The molecule has 1 fully saturated rings. The maximum Gasteiger partial charge on any atom is 0.224 e. The molecule has 0 spiro atoms. The van der Waals surface area contributed by atoms with Gasteiger partial charge >= 0.3 is 0 Å². The van der Waals surface area contributed by atoms with Crippen LogP contribution in [0.3, 0.4) is 0 Å². The predicted octanol–water partition coefficient (Wildman–Crippen LogP) is 2.16. The number of amides is 1. The lowest BCUT2D eigenvalue weighted by Crippen LogP contribution is -2.45. The van der Waals surface area contributed by atoms with Crippen molar-refractivity contribution in [3.05, 3.63) is 0 Å². The van der Waals surface area contributed by atoms with Crippen molar-refractivity contribution in [3.8, 4) is 0 Å². The first-order valence-corrected chi connectivity index (χ1v) is 6.86. The molecule has 17 heavy (non-hydrogen) atoms. The molecule has 1 unspecified atom stereocenters. The molecule has 100 valence electrons. The molecule has 1 atom stereocenters. The zero-order valence-corrected chi connectivity index (χ0v) is 11.8. The van der Waals surface area contributed by atoms with Gasteiger partial charge in [-0.2, -0.15) is 0 Å². The Morgan fingerprint density at radius 2 is 2.00 bits per heavy atom. The molecule has 0 bridgehead atoms. The number of rotatable bonds is 6. The second-order valence-corrected chi connectivity index (χ2v) is 6.42. The highest BCUT2D eigenvalue weighted by Crippen LogP contribution is 2.41. The fraction of sp³-hybridized carbons (Fsp3) is 0.929. The summed E-state index contributed by atoms with van der Waals surface area (Å²) in [5, 5.41) is 3.09. The lowest BCUT2D eigenvalue weighted by Gasteiger charge is -2.40. The zero-order chi connectivity index (χ0) is 13.1. The van der Waals surface area contributed by atoms with Crippen LogP contribution in [0.1, 0.15) is 47.0 Å². The van der Waals surface area contributed by atoms with Crippen LogP contribution < -0.4 is 11.1 Å². The number of carbonyl (C=O) groups excluding carboxylic acids is 1. The monoisotopic (exact) mass is 240 g/mol. The molecule has 0 aliphatic heterocycles. The van der Waals surface area contributed by atoms with Crippen LogP contribution in [0.15, 0.2) is 0 Å². The third-order valence-electron chi connectivity index (χ3n) is 4.32. The normalized spacial score (nSPS) is 18.9. The van der Waals surface area contributed by atoms with E-state index in [1.807, 2.05) is 13.8 Å². The van der Waals surface area contributed by atoms with Crippen LogP contribution in [0.25, 0.3) is 0 Å². The summed E-state index contributed by atoms with van der Waals surface area (Å²) < 4.78 is 0. The van der Waals surface area contributed by atoms with Crippen LogP contribution in [0.4, 0.5) is 0 Å². The van der Waals surface area contributed by atoms with Gasteiger partial charge in [-0.15, -0.1) is 0 Å². The molecule has 3 nitrogen and oxygen atoms in total. The average molecular weight is 240 g/mol. The second kappa shape index (κ2) is 5.85. The van der Waals surface area contributed by atoms with E-state index in [2.05, 4.69) is 19.2 Å². The van der Waals surface area contributed by atoms with E-state index < -0.39 is 0 Å². The molecular weight excluding hydrogens is 212 g/mol. The topological polar surface area (TPSA) is 55.1 Å². The van der Waals surface area contributed by atoms with Crippen LogP contribution >= 0.6 is 0 Å². The molecular formula is C14H28N2O. The summed E-state index contributed by atoms with van der Waals surface area (Å²) in [7, 11) is 0. The van der Waals surface area contributed by atoms with Gasteiger partial charge in [0.2, 0.25) is 5.91 Å². The van der Waals surface area contributed by atoms with Crippen LogP contribution in [0.5, 0.6) is 0 Å². The summed E-state index contributed by atoms with van der Waals surface area (Å²) in [6.45, 7) is 9.82. The van der Waals surface area contributed by atoms with Crippen molar-refractivity contribution in [2.75, 3.05) is 13.1 Å². The molecule has 1 aliphatic rings. The molecule has 1 amide bonds. The smallest absolute Gasteiger partial charge is 0.224 e. The molecule has 3 heteroatoms. The minimum atomic E-state index is -0.0489. The Morgan fingerprint density at radius 3 is 2.35 bits per heavy atom. The van der Waals surface area contributed by atoms with Gasteiger partial charge < -0.3 is 11.1 Å². The fourth-order valence-corrected chi connectivity index (χ4v) is 2.46. The number of nitrogens with two attached hydrogens (primary N) is 1. The van der Waals surface area contributed by atoms with Gasteiger partial charge in [-0.3, -0.25) is 4.79 Å². The van der Waals surface area contributed by atoms with E-state index in [0.29, 0.717) is 12.5 Å². The first-order valence-electron chi connectivity index (χ1n) is 6.86. The first kappa shape index (κ1) is 14.5. The Bertz CT molecular complexity index is 257. The van der Waals surface area contributed by atoms with Crippen molar-refractivity contribution in [1.29, 1.82) is 0 Å². The van der Waals surface area contributed by atoms with Gasteiger partial charge in [0.25, 0.3) is 0 Å². The minimum absolute atomic E-state index is 0.0489. The largest absolute Gasteiger partial charge is 0.355 e. The van der Waals surface area contributed by atoms with Gasteiger partial charge in [0.1, 0.15) is 0 Å². The summed E-state index contributed by atoms with van der Waals surface area (Å²) in [5.41, 5.74) is 5.88. The number of carbonyl (C=O) groups is 1. The molecule has 1 rings (SSSR count). The Kier molecular flexibility index (Phi) is 4.99. The summed E-state index contributed by atoms with van der Waals surface area (Å²) in [6.07, 6.45) is 3.97. The van der Waals surface area contributed by atoms with Crippen molar-refractivity contribution in [3.63, 3.8) is 0 Å². The van der Waals surface area contributed by atoms with Crippen molar-refractivity contribution in [2.24, 2.45) is 28.9 Å². The van der Waals surface area contributed by atoms with Crippen LogP contribution in [0.2, 0.25) is 0 Å². The van der Waals surface area contributed by atoms with Crippen molar-refractivity contribution >= 4 is 5.91 Å². The number of hydrogen-bond donors (Lipinski definition) is 2. The number of nitrogens with one attached hydrogen (secondary N) is 1. The molecule has 0 saturated heterocycles. The lowest BCUT2D eigenvalue weighted by molar-refractivity contribution is -0.126. The number of hydrogen-bond acceptors (Lipinski definition) is 2. The summed E-state index contributed by atoms with van der Waals surface area (Å²) in [6, 6.07) is 0. The molecule has 0 heterocycles. The minimum Gasteiger partial charge on any atom is -0.355 e. The molecule has 1 aliphatic carbocycles. The fourth-order valence-electron chi connectivity index (χ4n) is 2.46. The summed E-state index contributed by atoms with van der Waals surface area (Å²) in [5.74, 6) is 1.16. The highest BCUT2D eigenvalue weighted by atomic mass is 16.1. The molecule has 1 saturated carbocycles. The van der Waals surface area contributed by atoms with Gasteiger partial charge in [0.05, 0.1) is 5.92 Å². The van der Waals surface area contributed by atoms with Gasteiger partial charge in [-0.1, -0.05) is 34.1 Å².